The normalized spacial score (nSPS) is 19.9. The van der Waals surface area contributed by atoms with Crippen molar-refractivity contribution < 1.29 is 9.53 Å². The monoisotopic (exact) mass is 338 g/mol. The lowest BCUT2D eigenvalue weighted by Gasteiger charge is -2.32. The van der Waals surface area contributed by atoms with Gasteiger partial charge < -0.3 is 9.64 Å². The molecule has 4 heteroatoms. The molecule has 0 unspecified atom stereocenters. The minimum absolute atomic E-state index is 0.0356. The molecule has 1 fully saturated rings. The molecule has 25 heavy (non-hydrogen) atoms. The Balaban J connectivity index is 1.64. The van der Waals surface area contributed by atoms with Gasteiger partial charge in [-0.25, -0.2) is 4.98 Å². The molecule has 1 aliphatic carbocycles. The molecule has 2 aliphatic rings. The van der Waals surface area contributed by atoms with Gasteiger partial charge in [-0.1, -0.05) is 0 Å². The van der Waals surface area contributed by atoms with E-state index in [1.54, 1.807) is 0 Å². The van der Waals surface area contributed by atoms with Crippen LogP contribution in [0.15, 0.2) is 18.2 Å². The Labute approximate surface area is 149 Å². The number of esters is 1. The predicted octanol–water partition coefficient (Wildman–Crippen LogP) is 3.81. The smallest absolute Gasteiger partial charge is 0.310 e. The van der Waals surface area contributed by atoms with E-state index in [1.165, 1.54) is 41.3 Å². The Kier molecular flexibility index (Phi) is 4.36. The topological polar surface area (TPSA) is 42.4 Å². The standard InChI is InChI=1S/C21H26N2O2/c1-3-25-21(24)17-8-5-9-23(13-17)20-10-14(2)18-11-15-6-4-7-16(15)12-19(18)22-20/h10-12,17H,3-9,13H2,1-2H3/t17-/m1/s1. The molecule has 4 rings (SSSR count). The van der Waals surface area contributed by atoms with Crippen LogP contribution in [0.4, 0.5) is 5.82 Å². The van der Waals surface area contributed by atoms with Crippen molar-refractivity contribution in [2.45, 2.75) is 46.0 Å². The number of aryl methyl sites for hydroxylation is 3. The summed E-state index contributed by atoms with van der Waals surface area (Å²) in [4.78, 5) is 19.3. The third-order valence-corrected chi connectivity index (χ3v) is 5.58. The molecule has 1 aromatic heterocycles. The average molecular weight is 338 g/mol. The summed E-state index contributed by atoms with van der Waals surface area (Å²) in [6.45, 7) is 6.15. The summed E-state index contributed by atoms with van der Waals surface area (Å²) >= 11 is 0. The molecule has 1 aliphatic heterocycles. The third kappa shape index (κ3) is 3.10. The number of pyridine rings is 1. The van der Waals surface area contributed by atoms with Crippen LogP contribution in [0, 0.1) is 12.8 Å². The Morgan fingerprint density at radius 2 is 2.04 bits per heavy atom. The zero-order chi connectivity index (χ0) is 17.4. The van der Waals surface area contributed by atoms with Crippen LogP contribution in [-0.4, -0.2) is 30.6 Å². The second-order valence-corrected chi connectivity index (χ2v) is 7.33. The van der Waals surface area contributed by atoms with Crippen LogP contribution in [0.2, 0.25) is 0 Å². The van der Waals surface area contributed by atoms with E-state index >= 15 is 0 Å². The lowest BCUT2D eigenvalue weighted by molar-refractivity contribution is -0.148. The number of anilines is 1. The highest BCUT2D eigenvalue weighted by atomic mass is 16.5. The molecule has 2 heterocycles. The first-order valence-electron chi connectivity index (χ1n) is 9.50. The number of fused-ring (bicyclic) bond motifs is 2. The van der Waals surface area contributed by atoms with Crippen molar-refractivity contribution in [1.29, 1.82) is 0 Å². The molecular formula is C21H26N2O2. The van der Waals surface area contributed by atoms with Crippen LogP contribution in [0.5, 0.6) is 0 Å². The van der Waals surface area contributed by atoms with E-state index in [0.717, 1.165) is 30.7 Å². The molecular weight excluding hydrogens is 312 g/mol. The minimum Gasteiger partial charge on any atom is -0.466 e. The maximum atomic E-state index is 12.1. The molecule has 0 N–H and O–H groups in total. The lowest BCUT2D eigenvalue weighted by Crippen LogP contribution is -2.39. The van der Waals surface area contributed by atoms with Crippen molar-refractivity contribution >= 4 is 22.7 Å². The van der Waals surface area contributed by atoms with E-state index in [9.17, 15) is 4.79 Å². The first kappa shape index (κ1) is 16.4. The SMILES string of the molecule is CCOC(=O)[C@@H]1CCCN(c2cc(C)c3cc4c(cc3n2)CCC4)C1. The number of benzene rings is 1. The number of ether oxygens (including phenoxy) is 1. The average Bonchev–Trinajstić information content (AvgIpc) is 3.08. The highest BCUT2D eigenvalue weighted by molar-refractivity contribution is 5.86. The fourth-order valence-electron chi connectivity index (χ4n) is 4.25. The summed E-state index contributed by atoms with van der Waals surface area (Å²) in [5.74, 6) is 0.894. The number of piperidine rings is 1. The second-order valence-electron chi connectivity index (χ2n) is 7.33. The summed E-state index contributed by atoms with van der Waals surface area (Å²) in [5.41, 5.74) is 5.31. The van der Waals surface area contributed by atoms with Crippen molar-refractivity contribution in [3.05, 3.63) is 34.9 Å². The van der Waals surface area contributed by atoms with Gasteiger partial charge in [-0.2, -0.15) is 0 Å². The summed E-state index contributed by atoms with van der Waals surface area (Å²) < 4.78 is 5.22. The number of carbonyl (C=O) groups is 1. The summed E-state index contributed by atoms with van der Waals surface area (Å²) in [6, 6.07) is 6.79. The van der Waals surface area contributed by atoms with Crippen molar-refractivity contribution in [3.8, 4) is 0 Å². The van der Waals surface area contributed by atoms with Crippen molar-refractivity contribution in [2.75, 3.05) is 24.6 Å². The first-order valence-corrected chi connectivity index (χ1v) is 9.50. The van der Waals surface area contributed by atoms with Crippen molar-refractivity contribution in [1.82, 2.24) is 4.98 Å². The Morgan fingerprint density at radius 1 is 1.24 bits per heavy atom. The van der Waals surface area contributed by atoms with E-state index in [2.05, 4.69) is 30.0 Å². The maximum absolute atomic E-state index is 12.1. The Bertz CT molecular complexity index is 815. The van der Waals surface area contributed by atoms with Crippen LogP contribution in [0.3, 0.4) is 0 Å². The van der Waals surface area contributed by atoms with Gasteiger partial charge in [-0.05, 0) is 80.8 Å². The van der Waals surface area contributed by atoms with Gasteiger partial charge in [-0.3, -0.25) is 4.79 Å². The van der Waals surface area contributed by atoms with Crippen LogP contribution in [0.1, 0.15) is 42.9 Å². The molecule has 0 radical (unpaired) electrons. The number of rotatable bonds is 3. The van der Waals surface area contributed by atoms with Gasteiger partial charge in [0, 0.05) is 18.5 Å². The van der Waals surface area contributed by atoms with Gasteiger partial charge >= 0.3 is 5.97 Å². The van der Waals surface area contributed by atoms with E-state index in [1.807, 2.05) is 6.92 Å². The van der Waals surface area contributed by atoms with E-state index in [0.29, 0.717) is 13.2 Å². The summed E-state index contributed by atoms with van der Waals surface area (Å²) in [5, 5.41) is 1.27. The van der Waals surface area contributed by atoms with E-state index < -0.39 is 0 Å². The predicted molar refractivity (Wildman–Crippen MR) is 100 cm³/mol. The number of carbonyl (C=O) groups excluding carboxylic acids is 1. The highest BCUT2D eigenvalue weighted by Gasteiger charge is 2.28. The zero-order valence-electron chi connectivity index (χ0n) is 15.2. The molecule has 132 valence electrons. The largest absolute Gasteiger partial charge is 0.466 e. The van der Waals surface area contributed by atoms with Crippen LogP contribution in [0.25, 0.3) is 10.9 Å². The van der Waals surface area contributed by atoms with Gasteiger partial charge in [0.05, 0.1) is 18.0 Å². The number of hydrogen-bond acceptors (Lipinski definition) is 4. The quantitative estimate of drug-likeness (QED) is 0.798. The van der Waals surface area contributed by atoms with Crippen LogP contribution < -0.4 is 4.90 Å². The molecule has 0 amide bonds. The molecule has 2 aromatic rings. The highest BCUT2D eigenvalue weighted by Crippen LogP contribution is 2.31. The fourth-order valence-corrected chi connectivity index (χ4v) is 4.25. The molecule has 4 nitrogen and oxygen atoms in total. The number of nitrogens with zero attached hydrogens (tertiary/aromatic N) is 2. The fraction of sp³-hybridized carbons (Fsp3) is 0.524. The first-order chi connectivity index (χ1) is 12.2. The summed E-state index contributed by atoms with van der Waals surface area (Å²) in [6.07, 6.45) is 5.54. The van der Waals surface area contributed by atoms with E-state index in [4.69, 9.17) is 9.72 Å². The Hall–Kier alpha value is -2.10. The van der Waals surface area contributed by atoms with Gasteiger partial charge in [-0.15, -0.1) is 0 Å². The summed E-state index contributed by atoms with van der Waals surface area (Å²) in [7, 11) is 0. The maximum Gasteiger partial charge on any atom is 0.310 e. The molecule has 0 bridgehead atoms. The molecule has 0 spiro atoms. The van der Waals surface area contributed by atoms with Gasteiger partial charge in [0.15, 0.2) is 0 Å². The third-order valence-electron chi connectivity index (χ3n) is 5.58. The van der Waals surface area contributed by atoms with Crippen LogP contribution >= 0.6 is 0 Å². The van der Waals surface area contributed by atoms with Crippen LogP contribution in [-0.2, 0) is 22.4 Å². The van der Waals surface area contributed by atoms with Gasteiger partial charge in [0.2, 0.25) is 0 Å². The molecule has 1 saturated heterocycles. The van der Waals surface area contributed by atoms with Crippen molar-refractivity contribution in [3.63, 3.8) is 0 Å². The second kappa shape index (κ2) is 6.66. The zero-order valence-corrected chi connectivity index (χ0v) is 15.2. The minimum atomic E-state index is -0.0671. The van der Waals surface area contributed by atoms with Gasteiger partial charge in [0.25, 0.3) is 0 Å². The number of hydrogen-bond donors (Lipinski definition) is 0. The molecule has 1 aromatic carbocycles. The van der Waals surface area contributed by atoms with Crippen molar-refractivity contribution in [2.24, 2.45) is 5.92 Å². The Morgan fingerprint density at radius 3 is 2.84 bits per heavy atom. The van der Waals surface area contributed by atoms with Gasteiger partial charge in [0.1, 0.15) is 5.82 Å². The molecule has 1 atom stereocenters. The lowest BCUT2D eigenvalue weighted by atomic mass is 9.97. The molecule has 0 saturated carbocycles. The van der Waals surface area contributed by atoms with E-state index in [-0.39, 0.29) is 11.9 Å². The number of aromatic nitrogens is 1.